The number of halogens is 2. The lowest BCUT2D eigenvalue weighted by Crippen LogP contribution is -2.17. The maximum atomic E-state index is 13.2. The van der Waals surface area contributed by atoms with Gasteiger partial charge in [0.05, 0.1) is 0 Å². The van der Waals surface area contributed by atoms with Gasteiger partial charge in [0.1, 0.15) is 11.6 Å². The van der Waals surface area contributed by atoms with Gasteiger partial charge >= 0.3 is 0 Å². The Balaban J connectivity index is 1.80. The Morgan fingerprint density at radius 1 is 1.29 bits per heavy atom. The van der Waals surface area contributed by atoms with Crippen LogP contribution in [0, 0.1) is 11.6 Å². The molecule has 6 heteroatoms. The van der Waals surface area contributed by atoms with E-state index in [1.165, 1.54) is 12.4 Å². The number of hydrogen-bond donors (Lipinski definition) is 1. The summed E-state index contributed by atoms with van der Waals surface area (Å²) in [6.45, 7) is 0.815. The molecular weight excluding hydrogens is 228 g/mol. The fourth-order valence-corrected chi connectivity index (χ4v) is 1.40. The molecule has 0 unspecified atom stereocenters. The Morgan fingerprint density at radius 3 is 2.94 bits per heavy atom. The molecular formula is C11H11F2N3O. The van der Waals surface area contributed by atoms with Gasteiger partial charge in [-0.1, -0.05) is 5.16 Å². The Labute approximate surface area is 96.6 Å². The van der Waals surface area contributed by atoms with E-state index in [0.717, 1.165) is 12.1 Å². The first-order valence-corrected chi connectivity index (χ1v) is 5.16. The number of aromatic nitrogens is 2. The molecule has 0 saturated heterocycles. The second-order valence-electron chi connectivity index (χ2n) is 3.50. The largest absolute Gasteiger partial charge is 0.340 e. The molecule has 0 bridgehead atoms. The maximum Gasteiger partial charge on any atom is 0.227 e. The standard InChI is InChI=1S/C11H11F2N3O/c12-9-1-2-10(13)8(5-9)6-14-4-3-11-15-7-16-17-11/h1-2,5,7,14H,3-4,6H2. The zero-order chi connectivity index (χ0) is 12.1. The van der Waals surface area contributed by atoms with E-state index in [-0.39, 0.29) is 6.54 Å². The molecule has 0 fully saturated rings. The summed E-state index contributed by atoms with van der Waals surface area (Å²) in [5.74, 6) is -0.353. The van der Waals surface area contributed by atoms with Gasteiger partial charge in [-0.25, -0.2) is 8.78 Å². The molecule has 1 aromatic heterocycles. The Kier molecular flexibility index (Phi) is 3.77. The first kappa shape index (κ1) is 11.7. The number of benzene rings is 1. The van der Waals surface area contributed by atoms with E-state index >= 15 is 0 Å². The van der Waals surface area contributed by atoms with Gasteiger partial charge in [-0.2, -0.15) is 4.98 Å². The zero-order valence-electron chi connectivity index (χ0n) is 8.99. The summed E-state index contributed by atoms with van der Waals surface area (Å²) < 4.78 is 30.9. The van der Waals surface area contributed by atoms with Gasteiger partial charge in [0.25, 0.3) is 0 Å². The first-order chi connectivity index (χ1) is 8.25. The van der Waals surface area contributed by atoms with Crippen molar-refractivity contribution in [2.45, 2.75) is 13.0 Å². The Bertz CT molecular complexity index is 474. The summed E-state index contributed by atoms with van der Waals surface area (Å²) in [6.07, 6.45) is 1.87. The van der Waals surface area contributed by atoms with E-state index in [2.05, 4.69) is 15.5 Å². The molecule has 0 aliphatic rings. The van der Waals surface area contributed by atoms with Crippen LogP contribution in [0.15, 0.2) is 29.0 Å². The molecule has 2 rings (SSSR count). The highest BCUT2D eigenvalue weighted by molar-refractivity contribution is 5.18. The second-order valence-corrected chi connectivity index (χ2v) is 3.50. The zero-order valence-corrected chi connectivity index (χ0v) is 8.99. The van der Waals surface area contributed by atoms with Crippen LogP contribution in [0.3, 0.4) is 0 Å². The van der Waals surface area contributed by atoms with Crippen molar-refractivity contribution in [2.24, 2.45) is 0 Å². The third-order valence-electron chi connectivity index (χ3n) is 2.25. The monoisotopic (exact) mass is 239 g/mol. The first-order valence-electron chi connectivity index (χ1n) is 5.16. The van der Waals surface area contributed by atoms with Gasteiger partial charge in [0.2, 0.25) is 5.89 Å². The summed E-state index contributed by atoms with van der Waals surface area (Å²) in [5, 5.41) is 6.43. The third-order valence-corrected chi connectivity index (χ3v) is 2.25. The molecule has 0 aliphatic heterocycles. The molecule has 1 aromatic carbocycles. The predicted molar refractivity (Wildman–Crippen MR) is 56.1 cm³/mol. The van der Waals surface area contributed by atoms with E-state index < -0.39 is 11.6 Å². The highest BCUT2D eigenvalue weighted by atomic mass is 19.1. The van der Waals surface area contributed by atoms with Crippen LogP contribution in [0.1, 0.15) is 11.5 Å². The topological polar surface area (TPSA) is 51.0 Å². The van der Waals surface area contributed by atoms with Crippen LogP contribution in [0.5, 0.6) is 0 Å². The smallest absolute Gasteiger partial charge is 0.227 e. The van der Waals surface area contributed by atoms with Crippen molar-refractivity contribution in [1.29, 1.82) is 0 Å². The van der Waals surface area contributed by atoms with Crippen LogP contribution in [0.4, 0.5) is 8.78 Å². The summed E-state index contributed by atoms with van der Waals surface area (Å²) in [4.78, 5) is 3.84. The van der Waals surface area contributed by atoms with E-state index in [9.17, 15) is 8.78 Å². The lowest BCUT2D eigenvalue weighted by atomic mass is 10.2. The normalized spacial score (nSPS) is 10.7. The summed E-state index contributed by atoms with van der Waals surface area (Å²) in [7, 11) is 0. The predicted octanol–water partition coefficient (Wildman–Crippen LogP) is 1.68. The van der Waals surface area contributed by atoms with E-state index in [4.69, 9.17) is 4.52 Å². The molecule has 0 saturated carbocycles. The van der Waals surface area contributed by atoms with Gasteiger partial charge in [-0.15, -0.1) is 0 Å². The van der Waals surface area contributed by atoms with E-state index in [1.807, 2.05) is 0 Å². The number of hydrogen-bond acceptors (Lipinski definition) is 4. The molecule has 4 nitrogen and oxygen atoms in total. The number of nitrogens with zero attached hydrogens (tertiary/aromatic N) is 2. The van der Waals surface area contributed by atoms with Crippen molar-refractivity contribution in [2.75, 3.05) is 6.54 Å². The van der Waals surface area contributed by atoms with Gasteiger partial charge in [0, 0.05) is 25.1 Å². The van der Waals surface area contributed by atoms with Crippen LogP contribution >= 0.6 is 0 Å². The molecule has 0 spiro atoms. The van der Waals surface area contributed by atoms with Crippen molar-refractivity contribution in [3.8, 4) is 0 Å². The third kappa shape index (κ3) is 3.32. The molecule has 0 aliphatic carbocycles. The highest BCUT2D eigenvalue weighted by Gasteiger charge is 2.04. The Morgan fingerprint density at radius 2 is 2.18 bits per heavy atom. The van der Waals surface area contributed by atoms with Crippen molar-refractivity contribution < 1.29 is 13.3 Å². The maximum absolute atomic E-state index is 13.2. The van der Waals surface area contributed by atoms with E-state index in [0.29, 0.717) is 24.4 Å². The van der Waals surface area contributed by atoms with Crippen molar-refractivity contribution in [3.05, 3.63) is 47.6 Å². The van der Waals surface area contributed by atoms with Crippen LogP contribution in [0.2, 0.25) is 0 Å². The lowest BCUT2D eigenvalue weighted by Gasteiger charge is -2.04. The van der Waals surface area contributed by atoms with Gasteiger partial charge in [-0.3, -0.25) is 0 Å². The van der Waals surface area contributed by atoms with Crippen molar-refractivity contribution in [1.82, 2.24) is 15.5 Å². The molecule has 0 radical (unpaired) electrons. The van der Waals surface area contributed by atoms with Gasteiger partial charge in [-0.05, 0) is 18.2 Å². The lowest BCUT2D eigenvalue weighted by molar-refractivity contribution is 0.374. The molecule has 90 valence electrons. The molecule has 17 heavy (non-hydrogen) atoms. The van der Waals surface area contributed by atoms with E-state index in [1.54, 1.807) is 0 Å². The average molecular weight is 239 g/mol. The second kappa shape index (κ2) is 5.49. The summed E-state index contributed by atoms with van der Waals surface area (Å²) in [6, 6.07) is 3.39. The Hall–Kier alpha value is -1.82. The van der Waals surface area contributed by atoms with Gasteiger partial charge < -0.3 is 9.84 Å². The number of nitrogens with one attached hydrogen (secondary N) is 1. The highest BCUT2D eigenvalue weighted by Crippen LogP contribution is 2.09. The molecule has 0 atom stereocenters. The SMILES string of the molecule is Fc1ccc(F)c(CNCCc2ncno2)c1. The van der Waals surface area contributed by atoms with Crippen LogP contribution in [0.25, 0.3) is 0 Å². The van der Waals surface area contributed by atoms with Crippen LogP contribution in [-0.2, 0) is 13.0 Å². The average Bonchev–Trinajstić information content (AvgIpc) is 2.82. The van der Waals surface area contributed by atoms with Crippen molar-refractivity contribution >= 4 is 0 Å². The quantitative estimate of drug-likeness (QED) is 0.806. The fourth-order valence-electron chi connectivity index (χ4n) is 1.40. The summed E-state index contributed by atoms with van der Waals surface area (Å²) >= 11 is 0. The fraction of sp³-hybridized carbons (Fsp3) is 0.273. The minimum atomic E-state index is -0.444. The van der Waals surface area contributed by atoms with Gasteiger partial charge in [0.15, 0.2) is 6.33 Å². The summed E-state index contributed by atoms with van der Waals surface area (Å²) in [5.41, 5.74) is 0.301. The molecule has 0 amide bonds. The van der Waals surface area contributed by atoms with Crippen LogP contribution < -0.4 is 5.32 Å². The van der Waals surface area contributed by atoms with Crippen LogP contribution in [-0.4, -0.2) is 16.7 Å². The molecule has 1 heterocycles. The molecule has 2 aromatic rings. The minimum absolute atomic E-state index is 0.262. The minimum Gasteiger partial charge on any atom is -0.340 e. The van der Waals surface area contributed by atoms with Crippen molar-refractivity contribution in [3.63, 3.8) is 0 Å². The molecule has 1 N–H and O–H groups in total. The number of rotatable bonds is 5.